The van der Waals surface area contributed by atoms with Gasteiger partial charge in [-0.3, -0.25) is 10.1 Å². The highest BCUT2D eigenvalue weighted by Gasteiger charge is 2.18. The van der Waals surface area contributed by atoms with Crippen molar-refractivity contribution >= 4 is 27.3 Å². The summed E-state index contributed by atoms with van der Waals surface area (Å²) in [5.74, 6) is -0.632. The van der Waals surface area contributed by atoms with E-state index in [1.807, 2.05) is 0 Å². The highest BCUT2D eigenvalue weighted by atomic mass is 79.9. The smallest absolute Gasteiger partial charge is 0.296 e. The van der Waals surface area contributed by atoms with Gasteiger partial charge in [0.05, 0.1) is 4.92 Å². The molecule has 0 radical (unpaired) electrons. The van der Waals surface area contributed by atoms with Gasteiger partial charge in [-0.05, 0) is 13.0 Å². The number of benzene rings is 1. The second kappa shape index (κ2) is 4.36. The molecule has 0 heterocycles. The highest BCUT2D eigenvalue weighted by Crippen LogP contribution is 2.30. The monoisotopic (exact) mass is 262 g/mol. The molecule has 76 valence electrons. The van der Waals surface area contributed by atoms with Crippen LogP contribution in [0.4, 0.5) is 15.8 Å². The molecule has 0 aliphatic heterocycles. The summed E-state index contributed by atoms with van der Waals surface area (Å²) < 4.78 is 13.6. The number of halogens is 2. The normalized spacial score (nSPS) is 9.93. The predicted octanol–water partition coefficient (Wildman–Crippen LogP) is 2.93. The molecule has 0 aliphatic carbocycles. The molecule has 0 spiro atoms. The number of nitrogens with zero attached hydrogens (tertiary/aromatic N) is 1. The Balaban J connectivity index is 3.28. The zero-order chi connectivity index (χ0) is 10.7. The van der Waals surface area contributed by atoms with Crippen LogP contribution in [0.5, 0.6) is 0 Å². The molecular weight excluding hydrogens is 255 g/mol. The number of rotatable bonds is 3. The van der Waals surface area contributed by atoms with Crippen molar-refractivity contribution in [3.63, 3.8) is 0 Å². The van der Waals surface area contributed by atoms with Crippen molar-refractivity contribution in [2.24, 2.45) is 0 Å². The molecule has 14 heavy (non-hydrogen) atoms. The molecule has 0 fully saturated rings. The second-order valence-corrected chi connectivity index (χ2v) is 3.48. The first-order valence-corrected chi connectivity index (χ1v) is 4.73. The number of hydrogen-bond donors (Lipinski definition) is 1. The fourth-order valence-corrected chi connectivity index (χ4v) is 1.47. The lowest BCUT2D eigenvalue weighted by Gasteiger charge is -2.05. The summed E-state index contributed by atoms with van der Waals surface area (Å²) >= 11 is 2.99. The van der Waals surface area contributed by atoms with E-state index in [-0.39, 0.29) is 11.4 Å². The third-order valence-corrected chi connectivity index (χ3v) is 2.04. The number of nitrogens with one attached hydrogen (secondary N) is 1. The Labute approximate surface area is 88.4 Å². The van der Waals surface area contributed by atoms with Crippen LogP contribution in [0, 0.1) is 15.9 Å². The maximum Gasteiger partial charge on any atom is 0.296 e. The Hall–Kier alpha value is -1.17. The largest absolute Gasteiger partial charge is 0.377 e. The molecule has 1 N–H and O–H groups in total. The summed E-state index contributed by atoms with van der Waals surface area (Å²) in [6.07, 6.45) is 0. The van der Waals surface area contributed by atoms with Crippen LogP contribution in [0.25, 0.3) is 0 Å². The fourth-order valence-electron chi connectivity index (χ4n) is 1.06. The predicted molar refractivity (Wildman–Crippen MR) is 54.9 cm³/mol. The Morgan fingerprint density at radius 2 is 2.29 bits per heavy atom. The van der Waals surface area contributed by atoms with Gasteiger partial charge in [-0.25, -0.2) is 4.39 Å². The van der Waals surface area contributed by atoms with Crippen molar-refractivity contribution in [2.75, 3.05) is 11.9 Å². The number of nitro groups is 1. The minimum Gasteiger partial charge on any atom is -0.377 e. The van der Waals surface area contributed by atoms with E-state index >= 15 is 0 Å². The molecule has 0 aliphatic rings. The lowest BCUT2D eigenvalue weighted by Crippen LogP contribution is -2.03. The molecule has 1 aromatic carbocycles. The van der Waals surface area contributed by atoms with Gasteiger partial charge in [-0.1, -0.05) is 15.9 Å². The topological polar surface area (TPSA) is 55.2 Å². The van der Waals surface area contributed by atoms with Crippen LogP contribution in [0.3, 0.4) is 0 Å². The zero-order valence-electron chi connectivity index (χ0n) is 7.38. The molecule has 0 aromatic heterocycles. The summed E-state index contributed by atoms with van der Waals surface area (Å²) in [4.78, 5) is 9.96. The van der Waals surface area contributed by atoms with Crippen LogP contribution in [0.15, 0.2) is 16.6 Å². The van der Waals surface area contributed by atoms with Crippen molar-refractivity contribution < 1.29 is 9.31 Å². The first kappa shape index (κ1) is 10.9. The molecule has 0 saturated carbocycles. The van der Waals surface area contributed by atoms with E-state index in [1.165, 1.54) is 12.1 Å². The first-order chi connectivity index (χ1) is 6.56. The van der Waals surface area contributed by atoms with Gasteiger partial charge in [-0.15, -0.1) is 0 Å². The third kappa shape index (κ3) is 2.20. The molecule has 0 amide bonds. The van der Waals surface area contributed by atoms with Crippen LogP contribution in [0.2, 0.25) is 0 Å². The lowest BCUT2D eigenvalue weighted by molar-refractivity contribution is -0.384. The molecule has 4 nitrogen and oxygen atoms in total. The molecule has 1 rings (SSSR count). The quantitative estimate of drug-likeness (QED) is 0.673. The minimum atomic E-state index is -0.632. The zero-order valence-corrected chi connectivity index (χ0v) is 8.97. The van der Waals surface area contributed by atoms with Gasteiger partial charge < -0.3 is 5.32 Å². The average molecular weight is 263 g/mol. The Morgan fingerprint density at radius 1 is 1.64 bits per heavy atom. The van der Waals surface area contributed by atoms with Crippen LogP contribution in [-0.4, -0.2) is 11.5 Å². The summed E-state index contributed by atoms with van der Waals surface area (Å²) in [5.41, 5.74) is -0.334. The lowest BCUT2D eigenvalue weighted by atomic mass is 10.2. The molecule has 6 heteroatoms. The summed E-state index contributed by atoms with van der Waals surface area (Å²) in [6.45, 7) is 2.17. The maximum atomic E-state index is 13.3. The van der Waals surface area contributed by atoms with Gasteiger partial charge in [0, 0.05) is 17.1 Å². The Morgan fingerprint density at radius 3 is 2.79 bits per heavy atom. The van der Waals surface area contributed by atoms with Crippen LogP contribution >= 0.6 is 15.9 Å². The van der Waals surface area contributed by atoms with Crippen molar-refractivity contribution in [1.82, 2.24) is 0 Å². The minimum absolute atomic E-state index is 0.0688. The average Bonchev–Trinajstić information content (AvgIpc) is 2.09. The van der Waals surface area contributed by atoms with E-state index in [0.29, 0.717) is 11.0 Å². The standard InChI is InChI=1S/C8H8BrFN2O2/c1-2-11-8-6(10)3-5(9)4-7(8)12(13)14/h3-4,11H,2H2,1H3. The Kier molecular flexibility index (Phi) is 3.40. The highest BCUT2D eigenvalue weighted by molar-refractivity contribution is 9.10. The third-order valence-electron chi connectivity index (χ3n) is 1.58. The maximum absolute atomic E-state index is 13.3. The van der Waals surface area contributed by atoms with Crippen LogP contribution in [0.1, 0.15) is 6.92 Å². The van der Waals surface area contributed by atoms with E-state index in [2.05, 4.69) is 21.2 Å². The van der Waals surface area contributed by atoms with Gasteiger partial charge in [0.15, 0.2) is 5.82 Å². The van der Waals surface area contributed by atoms with Gasteiger partial charge in [0.2, 0.25) is 0 Å². The SMILES string of the molecule is CCNc1c(F)cc(Br)cc1[N+](=O)[O-]. The summed E-state index contributed by atoms with van der Waals surface area (Å²) in [5, 5.41) is 13.2. The van der Waals surface area contributed by atoms with Gasteiger partial charge in [-0.2, -0.15) is 0 Å². The van der Waals surface area contributed by atoms with Crippen molar-refractivity contribution in [3.8, 4) is 0 Å². The van der Waals surface area contributed by atoms with Crippen LogP contribution < -0.4 is 5.32 Å². The second-order valence-electron chi connectivity index (χ2n) is 2.57. The van der Waals surface area contributed by atoms with Crippen LogP contribution in [-0.2, 0) is 0 Å². The van der Waals surface area contributed by atoms with E-state index in [0.717, 1.165) is 0 Å². The number of hydrogen-bond acceptors (Lipinski definition) is 3. The molecule has 0 bridgehead atoms. The van der Waals surface area contributed by atoms with E-state index in [4.69, 9.17) is 0 Å². The summed E-state index contributed by atoms with van der Waals surface area (Å²) in [6, 6.07) is 2.45. The molecule has 0 atom stereocenters. The van der Waals surface area contributed by atoms with Crippen molar-refractivity contribution in [2.45, 2.75) is 6.92 Å². The molecular formula is C8H8BrFN2O2. The van der Waals surface area contributed by atoms with E-state index < -0.39 is 10.7 Å². The molecule has 0 unspecified atom stereocenters. The molecule has 1 aromatic rings. The van der Waals surface area contributed by atoms with Crippen molar-refractivity contribution in [1.29, 1.82) is 0 Å². The van der Waals surface area contributed by atoms with E-state index in [1.54, 1.807) is 6.92 Å². The Bertz CT molecular complexity index is 371. The van der Waals surface area contributed by atoms with Gasteiger partial charge >= 0.3 is 0 Å². The molecule has 0 saturated heterocycles. The number of anilines is 1. The fraction of sp³-hybridized carbons (Fsp3) is 0.250. The summed E-state index contributed by atoms with van der Waals surface area (Å²) in [7, 11) is 0. The number of nitro benzene ring substituents is 1. The van der Waals surface area contributed by atoms with Gasteiger partial charge in [0.1, 0.15) is 5.69 Å². The van der Waals surface area contributed by atoms with Gasteiger partial charge in [0.25, 0.3) is 5.69 Å². The van der Waals surface area contributed by atoms with Crippen molar-refractivity contribution in [3.05, 3.63) is 32.5 Å². The van der Waals surface area contributed by atoms with E-state index in [9.17, 15) is 14.5 Å². The first-order valence-electron chi connectivity index (χ1n) is 3.93.